The maximum Gasteiger partial charge on any atom is 0.318 e. The summed E-state index contributed by atoms with van der Waals surface area (Å²) in [4.78, 5) is 32.5. The van der Waals surface area contributed by atoms with Gasteiger partial charge in [-0.05, 0) is 68.0 Å². The van der Waals surface area contributed by atoms with Crippen molar-refractivity contribution >= 4 is 39.8 Å². The normalized spacial score (nSPS) is 22.4. The van der Waals surface area contributed by atoms with Crippen LogP contribution in [0.1, 0.15) is 50.3 Å². The van der Waals surface area contributed by atoms with E-state index in [2.05, 4.69) is 52.4 Å². The first-order chi connectivity index (χ1) is 22.4. The fourth-order valence-electron chi connectivity index (χ4n) is 7.74. The standard InChI is InChI=1S/C36H41ClN6O3/c1-4-32(44)43-19-18-42(21-26(43)20-38-3)34-27-13-17-41(30-11-6-9-25-8-5-10-28(37)33(25)30)22-29(27)39-35(40-34)45-23-24(2)46-31-12-7-14-36(31)15-16-36/h4-6,8-11,24,26,31H,1,7,12-23H2,2H3/t24-,26-,31?/m0/s1. The van der Waals surface area contributed by atoms with Gasteiger partial charge < -0.3 is 29.0 Å². The van der Waals surface area contributed by atoms with Crippen LogP contribution in [0.15, 0.2) is 49.1 Å². The smallest absolute Gasteiger partial charge is 0.318 e. The highest BCUT2D eigenvalue weighted by atomic mass is 35.5. The number of piperazine rings is 1. The van der Waals surface area contributed by atoms with Gasteiger partial charge in [-0.1, -0.05) is 48.9 Å². The summed E-state index contributed by atoms with van der Waals surface area (Å²) in [6.45, 7) is 16.8. The number of rotatable bonds is 9. The predicted octanol–water partition coefficient (Wildman–Crippen LogP) is 6.08. The first kappa shape index (κ1) is 30.8. The summed E-state index contributed by atoms with van der Waals surface area (Å²) in [5, 5.41) is 2.87. The molecule has 2 saturated carbocycles. The zero-order valence-electron chi connectivity index (χ0n) is 26.5. The topological polar surface area (TPSA) is 75.4 Å². The number of halogens is 1. The molecule has 2 aliphatic carbocycles. The van der Waals surface area contributed by atoms with E-state index in [1.54, 1.807) is 4.90 Å². The third-order valence-electron chi connectivity index (χ3n) is 10.3. The molecule has 1 aromatic heterocycles. The number of benzene rings is 2. The number of hydrogen-bond acceptors (Lipinski definition) is 7. The lowest BCUT2D eigenvalue weighted by Crippen LogP contribution is -2.56. The monoisotopic (exact) mass is 640 g/mol. The number of hydrogen-bond donors (Lipinski definition) is 0. The Bertz CT molecular complexity index is 1680. The Kier molecular flexibility index (Phi) is 8.51. The zero-order valence-corrected chi connectivity index (χ0v) is 27.2. The summed E-state index contributed by atoms with van der Waals surface area (Å²) in [5.41, 5.74) is 3.50. The van der Waals surface area contributed by atoms with Gasteiger partial charge in [0.15, 0.2) is 0 Å². The Morgan fingerprint density at radius 3 is 2.78 bits per heavy atom. The summed E-state index contributed by atoms with van der Waals surface area (Å²) in [6, 6.07) is 12.4. The Morgan fingerprint density at radius 1 is 1.17 bits per heavy atom. The highest BCUT2D eigenvalue weighted by Gasteiger charge is 2.53. The van der Waals surface area contributed by atoms with Gasteiger partial charge in [-0.2, -0.15) is 9.97 Å². The van der Waals surface area contributed by atoms with Crippen molar-refractivity contribution in [3.8, 4) is 6.01 Å². The van der Waals surface area contributed by atoms with Gasteiger partial charge >= 0.3 is 6.01 Å². The van der Waals surface area contributed by atoms with E-state index in [-0.39, 0.29) is 24.6 Å². The van der Waals surface area contributed by atoms with Crippen molar-refractivity contribution in [3.63, 3.8) is 0 Å². The Labute approximate surface area is 275 Å². The van der Waals surface area contributed by atoms with Crippen molar-refractivity contribution in [1.82, 2.24) is 14.9 Å². The number of fused-ring (bicyclic) bond motifs is 2. The first-order valence-corrected chi connectivity index (χ1v) is 16.9. The van der Waals surface area contributed by atoms with E-state index in [1.807, 2.05) is 12.1 Å². The average molecular weight is 641 g/mol. The van der Waals surface area contributed by atoms with Crippen LogP contribution < -0.4 is 14.5 Å². The zero-order chi connectivity index (χ0) is 31.8. The Balaban J connectivity index is 1.17. The van der Waals surface area contributed by atoms with Gasteiger partial charge in [-0.15, -0.1) is 0 Å². The largest absolute Gasteiger partial charge is 0.461 e. The second-order valence-electron chi connectivity index (χ2n) is 13.2. The van der Waals surface area contributed by atoms with Crippen LogP contribution in [0.5, 0.6) is 6.01 Å². The predicted molar refractivity (Wildman–Crippen MR) is 180 cm³/mol. The van der Waals surface area contributed by atoms with E-state index in [9.17, 15) is 4.79 Å². The van der Waals surface area contributed by atoms with Crippen molar-refractivity contribution in [2.45, 2.75) is 70.2 Å². The van der Waals surface area contributed by atoms with Gasteiger partial charge in [0.1, 0.15) is 18.5 Å². The number of carbonyl (C=O) groups is 1. The van der Waals surface area contributed by atoms with Crippen molar-refractivity contribution in [3.05, 3.63) is 76.8 Å². The van der Waals surface area contributed by atoms with Crippen LogP contribution in [-0.4, -0.2) is 78.4 Å². The van der Waals surface area contributed by atoms with E-state index in [0.717, 1.165) is 57.9 Å². The van der Waals surface area contributed by atoms with Crippen molar-refractivity contribution in [2.24, 2.45) is 5.41 Å². The lowest BCUT2D eigenvalue weighted by atomic mass is 10.0. The van der Waals surface area contributed by atoms with Crippen LogP contribution in [0.3, 0.4) is 0 Å². The number of amides is 1. The molecule has 10 heteroatoms. The molecule has 1 unspecified atom stereocenters. The molecule has 3 fully saturated rings. The molecule has 2 aliphatic heterocycles. The molecule has 7 rings (SSSR count). The maximum absolute atomic E-state index is 12.6. The van der Waals surface area contributed by atoms with Gasteiger partial charge in [0.2, 0.25) is 12.5 Å². The fourth-order valence-corrected chi connectivity index (χ4v) is 8.02. The number of carbonyl (C=O) groups excluding carboxylic acids is 1. The molecule has 9 nitrogen and oxygen atoms in total. The highest BCUT2D eigenvalue weighted by molar-refractivity contribution is 6.36. The van der Waals surface area contributed by atoms with Crippen LogP contribution in [0.2, 0.25) is 5.02 Å². The van der Waals surface area contributed by atoms with Crippen LogP contribution in [0.4, 0.5) is 11.5 Å². The van der Waals surface area contributed by atoms with Crippen LogP contribution >= 0.6 is 11.6 Å². The molecule has 0 N–H and O–H groups in total. The van der Waals surface area contributed by atoms with Crippen LogP contribution in [-0.2, 0) is 22.5 Å². The molecular formula is C36H41ClN6O3. The van der Waals surface area contributed by atoms with Crippen molar-refractivity contribution in [2.75, 3.05) is 49.1 Å². The van der Waals surface area contributed by atoms with E-state index in [0.29, 0.717) is 50.3 Å². The molecule has 46 heavy (non-hydrogen) atoms. The van der Waals surface area contributed by atoms with E-state index in [4.69, 9.17) is 37.6 Å². The second-order valence-corrected chi connectivity index (χ2v) is 13.6. The fraction of sp³-hybridized carbons (Fsp3) is 0.500. The van der Waals surface area contributed by atoms with Gasteiger partial charge in [-0.25, -0.2) is 6.57 Å². The molecule has 3 atom stereocenters. The minimum Gasteiger partial charge on any atom is -0.461 e. The van der Waals surface area contributed by atoms with Gasteiger partial charge in [-0.3, -0.25) is 4.79 Å². The number of nitrogens with zero attached hydrogens (tertiary/aromatic N) is 6. The minimum absolute atomic E-state index is 0.0745. The molecule has 0 bridgehead atoms. The lowest BCUT2D eigenvalue weighted by molar-refractivity contribution is -0.128. The average Bonchev–Trinajstić information content (AvgIpc) is 3.76. The highest BCUT2D eigenvalue weighted by Crippen LogP contribution is 2.59. The minimum atomic E-state index is -0.251. The molecule has 1 saturated heterocycles. The third-order valence-corrected chi connectivity index (χ3v) is 10.6. The molecule has 3 aromatic rings. The molecule has 240 valence electrons. The Morgan fingerprint density at radius 2 is 2.00 bits per heavy atom. The van der Waals surface area contributed by atoms with Crippen LogP contribution in [0.25, 0.3) is 15.6 Å². The van der Waals surface area contributed by atoms with E-state index < -0.39 is 0 Å². The van der Waals surface area contributed by atoms with Crippen molar-refractivity contribution in [1.29, 1.82) is 0 Å². The molecule has 4 aliphatic rings. The quantitative estimate of drug-likeness (QED) is 0.207. The molecular weight excluding hydrogens is 600 g/mol. The van der Waals surface area contributed by atoms with Crippen LogP contribution in [0, 0.1) is 12.0 Å². The molecule has 1 amide bonds. The summed E-state index contributed by atoms with van der Waals surface area (Å²) >= 11 is 6.72. The summed E-state index contributed by atoms with van der Waals surface area (Å²) in [6.07, 6.45) is 8.53. The second kappa shape index (κ2) is 12.7. The summed E-state index contributed by atoms with van der Waals surface area (Å²) < 4.78 is 12.8. The SMILES string of the molecule is [C-]#[N+]C[C@H]1CN(c2nc(OC[C@H](C)OC3CCCC34CC4)nc3c2CCN(c2cccc4cccc(Cl)c24)C3)CCN1C(=O)C=C. The molecule has 3 heterocycles. The van der Waals surface area contributed by atoms with Gasteiger partial charge in [0.25, 0.3) is 0 Å². The number of ether oxygens (including phenoxy) is 2. The van der Waals surface area contributed by atoms with E-state index in [1.165, 1.54) is 31.8 Å². The summed E-state index contributed by atoms with van der Waals surface area (Å²) in [5.74, 6) is 0.688. The van der Waals surface area contributed by atoms with E-state index >= 15 is 0 Å². The number of aromatic nitrogens is 2. The summed E-state index contributed by atoms with van der Waals surface area (Å²) in [7, 11) is 0. The first-order valence-electron chi connectivity index (χ1n) is 16.5. The molecule has 2 aromatic carbocycles. The molecule has 0 radical (unpaired) electrons. The molecule has 1 spiro atoms. The van der Waals surface area contributed by atoms with Gasteiger partial charge in [0, 0.05) is 42.8 Å². The lowest BCUT2D eigenvalue weighted by Gasteiger charge is -2.41. The third kappa shape index (κ3) is 5.89. The number of anilines is 2. The van der Waals surface area contributed by atoms with Gasteiger partial charge in [0.05, 0.1) is 29.5 Å². The van der Waals surface area contributed by atoms with Crippen molar-refractivity contribution < 1.29 is 14.3 Å². The maximum atomic E-state index is 12.6. The Hall–Kier alpha value is -3.87.